The predicted molar refractivity (Wildman–Crippen MR) is 127 cm³/mol. The summed E-state index contributed by atoms with van der Waals surface area (Å²) in [5.74, 6) is 0.206. The Kier molecular flexibility index (Phi) is 11.4. The Balaban J connectivity index is 2.70. The molecule has 0 bridgehead atoms. The van der Waals surface area contributed by atoms with Crippen molar-refractivity contribution in [1.29, 1.82) is 0 Å². The fourth-order valence-corrected chi connectivity index (χ4v) is 10.2. The first-order chi connectivity index (χ1) is 13.6. The molecule has 1 aromatic carbocycles. The molecular formula is C25H44O3Si. The monoisotopic (exact) mass is 420 g/mol. The Morgan fingerprint density at radius 2 is 1.52 bits per heavy atom. The lowest BCUT2D eigenvalue weighted by atomic mass is 9.98. The fourth-order valence-electron chi connectivity index (χ4n) is 4.56. The van der Waals surface area contributed by atoms with Crippen LogP contribution < -0.4 is 0 Å². The molecule has 0 aromatic heterocycles. The predicted octanol–water partition coefficient (Wildman–Crippen LogP) is 6.73. The molecule has 0 radical (unpaired) electrons. The van der Waals surface area contributed by atoms with E-state index >= 15 is 0 Å². The number of rotatable bonds is 14. The average Bonchev–Trinajstić information content (AvgIpc) is 2.67. The van der Waals surface area contributed by atoms with Crippen LogP contribution in [0.2, 0.25) is 16.6 Å². The minimum Gasteiger partial charge on any atom is -0.412 e. The van der Waals surface area contributed by atoms with Gasteiger partial charge in [0.25, 0.3) is 0 Å². The van der Waals surface area contributed by atoms with Crippen molar-refractivity contribution in [2.24, 2.45) is 5.92 Å². The quantitative estimate of drug-likeness (QED) is 0.206. The van der Waals surface area contributed by atoms with Crippen LogP contribution in [0.15, 0.2) is 43.0 Å². The molecule has 166 valence electrons. The Hall–Kier alpha value is -0.943. The van der Waals surface area contributed by atoms with E-state index in [2.05, 4.69) is 67.2 Å². The molecule has 29 heavy (non-hydrogen) atoms. The van der Waals surface area contributed by atoms with E-state index < -0.39 is 14.4 Å². The van der Waals surface area contributed by atoms with E-state index in [-0.39, 0.29) is 12.0 Å². The lowest BCUT2D eigenvalue weighted by Gasteiger charge is -2.46. The average molecular weight is 421 g/mol. The van der Waals surface area contributed by atoms with Crippen LogP contribution >= 0.6 is 0 Å². The number of benzene rings is 1. The smallest absolute Gasteiger partial charge is 0.200 e. The molecule has 0 saturated carbocycles. The Morgan fingerprint density at radius 1 is 0.966 bits per heavy atom. The summed E-state index contributed by atoms with van der Waals surface area (Å²) in [5.41, 5.74) is 2.72. The summed E-state index contributed by atoms with van der Waals surface area (Å²) in [5, 5.41) is 10.7. The van der Waals surface area contributed by atoms with Crippen molar-refractivity contribution >= 4 is 8.32 Å². The van der Waals surface area contributed by atoms with Crippen LogP contribution in [0.25, 0.3) is 0 Å². The van der Waals surface area contributed by atoms with Crippen molar-refractivity contribution in [3.05, 3.63) is 48.6 Å². The van der Waals surface area contributed by atoms with Gasteiger partial charge in [0, 0.05) is 6.61 Å². The molecular weight excluding hydrogens is 376 g/mol. The second-order valence-electron chi connectivity index (χ2n) is 9.29. The third-order valence-corrected chi connectivity index (χ3v) is 12.4. The van der Waals surface area contributed by atoms with Gasteiger partial charge in [-0.05, 0) is 40.9 Å². The zero-order chi connectivity index (χ0) is 22.0. The molecule has 1 rings (SSSR count). The van der Waals surface area contributed by atoms with E-state index in [0.717, 1.165) is 5.56 Å². The summed E-state index contributed by atoms with van der Waals surface area (Å²) < 4.78 is 12.8. The van der Waals surface area contributed by atoms with Crippen LogP contribution in [0.5, 0.6) is 0 Å². The maximum Gasteiger partial charge on any atom is 0.200 e. The first-order valence-corrected chi connectivity index (χ1v) is 13.4. The highest BCUT2D eigenvalue weighted by molar-refractivity contribution is 6.77. The molecule has 0 heterocycles. The highest BCUT2D eigenvalue weighted by atomic mass is 28.4. The van der Waals surface area contributed by atoms with Crippen molar-refractivity contribution in [2.75, 3.05) is 6.61 Å². The van der Waals surface area contributed by atoms with Gasteiger partial charge >= 0.3 is 0 Å². The zero-order valence-electron chi connectivity index (χ0n) is 19.7. The van der Waals surface area contributed by atoms with E-state index in [1.165, 1.54) is 0 Å². The van der Waals surface area contributed by atoms with Crippen LogP contribution in [-0.2, 0) is 15.8 Å². The summed E-state index contributed by atoms with van der Waals surface area (Å²) in [6, 6.07) is 10.1. The van der Waals surface area contributed by atoms with E-state index in [1.54, 1.807) is 0 Å². The largest absolute Gasteiger partial charge is 0.412 e. The van der Waals surface area contributed by atoms with Gasteiger partial charge in [-0.3, -0.25) is 0 Å². The zero-order valence-corrected chi connectivity index (χ0v) is 20.7. The Labute approximate surface area is 180 Å². The molecule has 0 aliphatic heterocycles. The molecule has 1 N–H and O–H groups in total. The van der Waals surface area contributed by atoms with Gasteiger partial charge in [-0.1, -0.05) is 84.9 Å². The van der Waals surface area contributed by atoms with Gasteiger partial charge in [-0.2, -0.15) is 0 Å². The van der Waals surface area contributed by atoms with E-state index in [0.29, 0.717) is 42.7 Å². The van der Waals surface area contributed by atoms with Gasteiger partial charge in [-0.25, -0.2) is 0 Å². The highest BCUT2D eigenvalue weighted by Crippen LogP contribution is 2.44. The number of hydrogen-bond acceptors (Lipinski definition) is 3. The van der Waals surface area contributed by atoms with Crippen molar-refractivity contribution in [3.8, 4) is 0 Å². The van der Waals surface area contributed by atoms with E-state index in [9.17, 15) is 5.11 Å². The van der Waals surface area contributed by atoms with E-state index in [1.807, 2.05) is 24.3 Å². The second-order valence-corrected chi connectivity index (χ2v) is 14.7. The third kappa shape index (κ3) is 7.67. The topological polar surface area (TPSA) is 38.7 Å². The molecule has 0 amide bonds. The number of ether oxygens (including phenoxy) is 1. The number of aliphatic hydroxyl groups excluding tert-OH is 1. The minimum absolute atomic E-state index is 0.00418. The first-order valence-electron chi connectivity index (χ1n) is 11.2. The van der Waals surface area contributed by atoms with Gasteiger partial charge in [0.15, 0.2) is 0 Å². The lowest BCUT2D eigenvalue weighted by Crippen LogP contribution is -2.51. The molecule has 1 aromatic rings. The summed E-state index contributed by atoms with van der Waals surface area (Å²) >= 11 is 0. The molecule has 0 unspecified atom stereocenters. The molecule has 0 fully saturated rings. The Morgan fingerprint density at radius 3 is 2.00 bits per heavy atom. The first kappa shape index (κ1) is 26.1. The van der Waals surface area contributed by atoms with Crippen LogP contribution in [0.3, 0.4) is 0 Å². The maximum absolute atomic E-state index is 10.7. The van der Waals surface area contributed by atoms with Crippen molar-refractivity contribution in [3.63, 3.8) is 0 Å². The van der Waals surface area contributed by atoms with E-state index in [4.69, 9.17) is 9.16 Å². The number of aliphatic hydroxyl groups is 1. The maximum atomic E-state index is 10.7. The van der Waals surface area contributed by atoms with Gasteiger partial charge < -0.3 is 14.3 Å². The molecule has 4 heteroatoms. The van der Waals surface area contributed by atoms with Gasteiger partial charge in [-0.15, -0.1) is 6.58 Å². The van der Waals surface area contributed by atoms with Crippen LogP contribution in [0.1, 0.15) is 66.9 Å². The second kappa shape index (κ2) is 12.7. The van der Waals surface area contributed by atoms with Gasteiger partial charge in [0.1, 0.15) is 0 Å². The van der Waals surface area contributed by atoms with Crippen molar-refractivity contribution in [1.82, 2.24) is 0 Å². The summed E-state index contributed by atoms with van der Waals surface area (Å²) in [6.07, 6.45) is 2.77. The molecule has 0 spiro atoms. The van der Waals surface area contributed by atoms with Crippen molar-refractivity contribution < 1.29 is 14.3 Å². The molecule has 0 aliphatic carbocycles. The normalized spacial score (nSPS) is 15.7. The molecule has 3 nitrogen and oxygen atoms in total. The van der Waals surface area contributed by atoms with Gasteiger partial charge in [0.05, 0.1) is 18.8 Å². The van der Waals surface area contributed by atoms with Crippen molar-refractivity contribution in [2.45, 2.75) is 96.7 Å². The summed E-state index contributed by atoms with van der Waals surface area (Å²) in [4.78, 5) is 0. The van der Waals surface area contributed by atoms with Crippen LogP contribution in [-0.4, -0.2) is 32.2 Å². The minimum atomic E-state index is -2.01. The van der Waals surface area contributed by atoms with Crippen LogP contribution in [0.4, 0.5) is 0 Å². The molecule has 0 aliphatic rings. The SMILES string of the molecule is C=C[C@H](C)[C@H](C[C@@H](O)CCOCc1ccccc1)O[Si](C(C)C)(C(C)C)C(C)C. The molecule has 3 atom stereocenters. The third-order valence-electron chi connectivity index (χ3n) is 6.23. The standard InChI is InChI=1S/C25H44O3Si/c1-9-22(8)25(28-29(19(2)3,20(4)5)21(6)7)17-24(26)15-16-27-18-23-13-11-10-12-14-23/h9-14,19-22,24-26H,1,15-18H2,2-8H3/t22-,24-,25-/m0/s1. The summed E-state index contributed by atoms with van der Waals surface area (Å²) in [7, 11) is -2.01. The van der Waals surface area contributed by atoms with Gasteiger partial charge in [0.2, 0.25) is 8.32 Å². The fraction of sp³-hybridized carbons (Fsp3) is 0.680. The highest BCUT2D eigenvalue weighted by Gasteiger charge is 2.47. The summed E-state index contributed by atoms with van der Waals surface area (Å²) in [6.45, 7) is 21.1. The lowest BCUT2D eigenvalue weighted by molar-refractivity contribution is 0.0339. The Bertz CT molecular complexity index is 549. The molecule has 0 saturated heterocycles. The number of hydrogen-bond donors (Lipinski definition) is 1. The van der Waals surface area contributed by atoms with Crippen LogP contribution in [0, 0.1) is 5.92 Å².